The Morgan fingerprint density at radius 1 is 0.724 bits per heavy atom. The van der Waals surface area contributed by atoms with E-state index < -0.39 is 5.97 Å². The number of carbonyl (C=O) groups excluding carboxylic acids is 2. The van der Waals surface area contributed by atoms with Gasteiger partial charge in [0.2, 0.25) is 0 Å². The Bertz CT molecular complexity index is 955. The summed E-state index contributed by atoms with van der Waals surface area (Å²) >= 11 is 5.87. The Morgan fingerprint density at radius 3 is 2.17 bits per heavy atom. The van der Waals surface area contributed by atoms with Gasteiger partial charge in [-0.1, -0.05) is 48.0 Å². The molecule has 0 bridgehead atoms. The monoisotopic (exact) mass is 410 g/mol. The Hall–Kier alpha value is -3.31. The first-order valence-electron chi connectivity index (χ1n) is 8.98. The van der Waals surface area contributed by atoms with Crippen molar-refractivity contribution in [2.24, 2.45) is 0 Å². The molecule has 0 aliphatic rings. The molecule has 0 N–H and O–H groups in total. The second-order valence-corrected chi connectivity index (χ2v) is 6.47. The van der Waals surface area contributed by atoms with Crippen molar-refractivity contribution in [2.75, 3.05) is 19.8 Å². The zero-order chi connectivity index (χ0) is 20.5. The number of benzene rings is 3. The maximum absolute atomic E-state index is 12.4. The van der Waals surface area contributed by atoms with Crippen LogP contribution in [-0.2, 0) is 9.53 Å². The molecule has 6 heteroatoms. The van der Waals surface area contributed by atoms with Gasteiger partial charge in [0.15, 0.2) is 12.4 Å². The summed E-state index contributed by atoms with van der Waals surface area (Å²) in [7, 11) is 0. The zero-order valence-electron chi connectivity index (χ0n) is 15.5. The minimum atomic E-state index is -0.510. The van der Waals surface area contributed by atoms with Gasteiger partial charge in [0.25, 0.3) is 0 Å². The summed E-state index contributed by atoms with van der Waals surface area (Å²) in [5, 5.41) is 0.574. The smallest absolute Gasteiger partial charge is 0.344 e. The number of ketones is 1. The topological polar surface area (TPSA) is 61.8 Å². The molecule has 5 nitrogen and oxygen atoms in total. The molecule has 0 radical (unpaired) electrons. The number of esters is 1. The molecule has 0 heterocycles. The summed E-state index contributed by atoms with van der Waals surface area (Å²) in [6.45, 7) is 0.0741. The predicted octanol–water partition coefficient (Wildman–Crippen LogP) is 4.57. The van der Waals surface area contributed by atoms with Crippen molar-refractivity contribution in [3.05, 3.63) is 95.0 Å². The van der Waals surface area contributed by atoms with Gasteiger partial charge in [-0.05, 0) is 42.5 Å². The maximum atomic E-state index is 12.4. The van der Waals surface area contributed by atoms with E-state index >= 15 is 0 Å². The third-order valence-electron chi connectivity index (χ3n) is 3.92. The van der Waals surface area contributed by atoms with Crippen LogP contribution in [0, 0.1) is 0 Å². The number of halogens is 1. The van der Waals surface area contributed by atoms with E-state index in [0.717, 1.165) is 0 Å². The van der Waals surface area contributed by atoms with E-state index in [0.29, 0.717) is 27.6 Å². The van der Waals surface area contributed by atoms with E-state index in [-0.39, 0.29) is 25.6 Å². The molecule has 0 amide bonds. The van der Waals surface area contributed by atoms with Crippen LogP contribution in [0.1, 0.15) is 15.9 Å². The SMILES string of the molecule is O=C(COc1ccc(C(=O)c2ccccc2)cc1)OCCOc1cccc(Cl)c1. The Kier molecular flexibility index (Phi) is 7.25. The van der Waals surface area contributed by atoms with Crippen LogP contribution < -0.4 is 9.47 Å². The van der Waals surface area contributed by atoms with E-state index in [1.165, 1.54) is 0 Å². The van der Waals surface area contributed by atoms with E-state index in [9.17, 15) is 9.59 Å². The number of ether oxygens (including phenoxy) is 3. The number of hydrogen-bond donors (Lipinski definition) is 0. The fourth-order valence-corrected chi connectivity index (χ4v) is 2.69. The quantitative estimate of drug-likeness (QED) is 0.294. The summed E-state index contributed by atoms with van der Waals surface area (Å²) in [6.07, 6.45) is 0. The lowest BCUT2D eigenvalue weighted by molar-refractivity contribution is -0.146. The molecule has 3 rings (SSSR count). The van der Waals surface area contributed by atoms with Crippen LogP contribution >= 0.6 is 11.6 Å². The molecule has 0 saturated heterocycles. The normalized spacial score (nSPS) is 10.2. The van der Waals surface area contributed by atoms with Gasteiger partial charge in [0.1, 0.15) is 24.7 Å². The lowest BCUT2D eigenvalue weighted by atomic mass is 10.0. The highest BCUT2D eigenvalue weighted by atomic mass is 35.5. The summed E-state index contributed by atoms with van der Waals surface area (Å²) in [4.78, 5) is 24.1. The van der Waals surface area contributed by atoms with Crippen LogP contribution in [0.5, 0.6) is 11.5 Å². The average molecular weight is 411 g/mol. The van der Waals surface area contributed by atoms with Gasteiger partial charge in [-0.3, -0.25) is 4.79 Å². The minimum Gasteiger partial charge on any atom is -0.490 e. The van der Waals surface area contributed by atoms with Crippen molar-refractivity contribution in [3.8, 4) is 11.5 Å². The van der Waals surface area contributed by atoms with Crippen molar-refractivity contribution in [1.82, 2.24) is 0 Å². The lowest BCUT2D eigenvalue weighted by Crippen LogP contribution is -2.18. The van der Waals surface area contributed by atoms with Crippen LogP contribution in [0.4, 0.5) is 0 Å². The van der Waals surface area contributed by atoms with Crippen LogP contribution in [0.3, 0.4) is 0 Å². The zero-order valence-corrected chi connectivity index (χ0v) is 16.3. The molecule has 0 aliphatic carbocycles. The Morgan fingerprint density at radius 2 is 1.45 bits per heavy atom. The van der Waals surface area contributed by atoms with Gasteiger partial charge in [-0.15, -0.1) is 0 Å². The highest BCUT2D eigenvalue weighted by Crippen LogP contribution is 2.17. The summed E-state index contributed by atoms with van der Waals surface area (Å²) in [5.41, 5.74) is 1.16. The first-order valence-corrected chi connectivity index (χ1v) is 9.36. The molecule has 0 atom stereocenters. The van der Waals surface area contributed by atoms with E-state index in [1.807, 2.05) is 18.2 Å². The maximum Gasteiger partial charge on any atom is 0.344 e. The van der Waals surface area contributed by atoms with Gasteiger partial charge >= 0.3 is 5.97 Å². The van der Waals surface area contributed by atoms with Gasteiger partial charge in [0.05, 0.1) is 0 Å². The molecular weight excluding hydrogens is 392 g/mol. The van der Waals surface area contributed by atoms with Gasteiger partial charge in [-0.2, -0.15) is 0 Å². The van der Waals surface area contributed by atoms with Gasteiger partial charge < -0.3 is 14.2 Å². The molecular formula is C23H19ClO5. The third-order valence-corrected chi connectivity index (χ3v) is 4.16. The van der Waals surface area contributed by atoms with Crippen molar-refractivity contribution in [3.63, 3.8) is 0 Å². The van der Waals surface area contributed by atoms with Gasteiger partial charge in [0, 0.05) is 16.1 Å². The average Bonchev–Trinajstić information content (AvgIpc) is 2.76. The predicted molar refractivity (Wildman–Crippen MR) is 110 cm³/mol. The summed E-state index contributed by atoms with van der Waals surface area (Å²) < 4.78 is 15.9. The van der Waals surface area contributed by atoms with Gasteiger partial charge in [-0.25, -0.2) is 4.79 Å². The summed E-state index contributed by atoms with van der Waals surface area (Å²) in [5.74, 6) is 0.497. The lowest BCUT2D eigenvalue weighted by Gasteiger charge is -2.09. The molecule has 0 aromatic heterocycles. The Balaban J connectivity index is 1.39. The molecule has 0 spiro atoms. The fraction of sp³-hybridized carbons (Fsp3) is 0.130. The minimum absolute atomic E-state index is 0.0729. The number of rotatable bonds is 9. The second-order valence-electron chi connectivity index (χ2n) is 6.03. The molecule has 0 fully saturated rings. The molecule has 3 aromatic carbocycles. The van der Waals surface area contributed by atoms with Crippen LogP contribution in [0.15, 0.2) is 78.9 Å². The first-order chi connectivity index (χ1) is 14.1. The molecule has 29 heavy (non-hydrogen) atoms. The molecule has 0 unspecified atom stereocenters. The fourth-order valence-electron chi connectivity index (χ4n) is 2.51. The van der Waals surface area contributed by atoms with Crippen LogP contribution in [-0.4, -0.2) is 31.6 Å². The second kappa shape index (κ2) is 10.3. The molecule has 0 aliphatic heterocycles. The van der Waals surface area contributed by atoms with Crippen LogP contribution in [0.2, 0.25) is 5.02 Å². The van der Waals surface area contributed by atoms with Crippen molar-refractivity contribution >= 4 is 23.4 Å². The first kappa shape index (κ1) is 20.4. The molecule has 148 valence electrons. The number of carbonyl (C=O) groups is 2. The summed E-state index contributed by atoms with van der Waals surface area (Å²) in [6, 6.07) is 22.6. The standard InChI is InChI=1S/C23H19ClO5/c24-19-7-4-8-21(15-19)27-13-14-28-22(25)16-29-20-11-9-18(10-12-20)23(26)17-5-2-1-3-6-17/h1-12,15H,13-14,16H2. The third kappa shape index (κ3) is 6.36. The Labute approximate surface area is 173 Å². The van der Waals surface area contributed by atoms with Crippen molar-refractivity contribution < 1.29 is 23.8 Å². The van der Waals surface area contributed by atoms with Crippen molar-refractivity contribution in [2.45, 2.75) is 0 Å². The number of hydrogen-bond acceptors (Lipinski definition) is 5. The van der Waals surface area contributed by atoms with Crippen LogP contribution in [0.25, 0.3) is 0 Å². The molecule has 0 saturated carbocycles. The van der Waals surface area contributed by atoms with Crippen molar-refractivity contribution in [1.29, 1.82) is 0 Å². The highest BCUT2D eigenvalue weighted by Gasteiger charge is 2.09. The largest absolute Gasteiger partial charge is 0.490 e. The van der Waals surface area contributed by atoms with E-state index in [2.05, 4.69) is 0 Å². The van der Waals surface area contributed by atoms with E-state index in [1.54, 1.807) is 60.7 Å². The molecule has 3 aromatic rings. The highest BCUT2D eigenvalue weighted by molar-refractivity contribution is 6.30. The van der Waals surface area contributed by atoms with E-state index in [4.69, 9.17) is 25.8 Å².